The number of aliphatic imine (C=N–C) groups is 1. The number of hydrogen-bond donors (Lipinski definition) is 2. The number of nitrogens with two attached hydrogens (primary N) is 1. The van der Waals surface area contributed by atoms with E-state index >= 15 is 0 Å². The molecule has 0 amide bonds. The van der Waals surface area contributed by atoms with Crippen LogP contribution in [-0.4, -0.2) is 29.3 Å². The molecule has 3 N–H and O–H groups in total. The van der Waals surface area contributed by atoms with E-state index in [2.05, 4.69) is 22.0 Å². The standard InChI is InChI=1S/C21H23N5O2/c1-16(26-13-4-11-24-26)15-20(25-21(22)19-5-3-14-28-19)23-12-10-17-6-8-18(27-2)9-7-17/h3-9,11,13-15,23H,1,10,12H2,2H3,(H2,22,25)/b20-15-. The Morgan fingerprint density at radius 3 is 2.79 bits per heavy atom. The first-order valence-electron chi connectivity index (χ1n) is 8.81. The van der Waals surface area contributed by atoms with Gasteiger partial charge in [-0.15, -0.1) is 0 Å². The molecule has 0 aliphatic carbocycles. The molecular formula is C21H23N5O2. The molecule has 0 unspecified atom stereocenters. The Morgan fingerprint density at radius 1 is 1.32 bits per heavy atom. The number of nitrogens with zero attached hydrogens (tertiary/aromatic N) is 3. The zero-order valence-corrected chi connectivity index (χ0v) is 15.7. The zero-order valence-electron chi connectivity index (χ0n) is 15.7. The highest BCUT2D eigenvalue weighted by Crippen LogP contribution is 2.12. The number of hydrogen-bond acceptors (Lipinski definition) is 5. The Kier molecular flexibility index (Phi) is 6.30. The van der Waals surface area contributed by atoms with Gasteiger partial charge in [-0.1, -0.05) is 18.7 Å². The van der Waals surface area contributed by atoms with E-state index in [4.69, 9.17) is 14.9 Å². The van der Waals surface area contributed by atoms with Crippen molar-refractivity contribution in [1.82, 2.24) is 15.1 Å². The predicted molar refractivity (Wildman–Crippen MR) is 110 cm³/mol. The highest BCUT2D eigenvalue weighted by atomic mass is 16.5. The van der Waals surface area contributed by atoms with E-state index in [0.29, 0.717) is 23.8 Å². The molecule has 0 aliphatic heterocycles. The minimum atomic E-state index is 0.279. The number of nitrogens with one attached hydrogen (secondary N) is 1. The van der Waals surface area contributed by atoms with Gasteiger partial charge in [0, 0.05) is 25.0 Å². The normalized spacial score (nSPS) is 12.0. The van der Waals surface area contributed by atoms with Gasteiger partial charge in [0.05, 0.1) is 19.1 Å². The van der Waals surface area contributed by atoms with Crippen molar-refractivity contribution in [3.05, 3.63) is 90.9 Å². The molecule has 0 atom stereocenters. The number of furan rings is 1. The van der Waals surface area contributed by atoms with Gasteiger partial charge in [-0.25, -0.2) is 9.67 Å². The molecule has 7 heteroatoms. The van der Waals surface area contributed by atoms with Crippen LogP contribution in [0.5, 0.6) is 5.75 Å². The first kappa shape index (κ1) is 19.0. The van der Waals surface area contributed by atoms with E-state index in [0.717, 1.165) is 12.2 Å². The predicted octanol–water partition coefficient (Wildman–Crippen LogP) is 3.03. The smallest absolute Gasteiger partial charge is 0.168 e. The number of amidine groups is 1. The van der Waals surface area contributed by atoms with Gasteiger partial charge >= 0.3 is 0 Å². The topological polar surface area (TPSA) is 90.6 Å². The maximum atomic E-state index is 6.06. The summed E-state index contributed by atoms with van der Waals surface area (Å²) in [5, 5.41) is 7.48. The fraction of sp³-hybridized carbons (Fsp3) is 0.143. The summed E-state index contributed by atoms with van der Waals surface area (Å²) in [6, 6.07) is 13.3. The van der Waals surface area contributed by atoms with Crippen LogP contribution >= 0.6 is 0 Å². The highest BCUT2D eigenvalue weighted by Gasteiger charge is 2.05. The molecule has 0 spiro atoms. The number of aromatic nitrogens is 2. The first-order valence-corrected chi connectivity index (χ1v) is 8.81. The van der Waals surface area contributed by atoms with E-state index < -0.39 is 0 Å². The van der Waals surface area contributed by atoms with Gasteiger partial charge in [0.1, 0.15) is 11.6 Å². The third kappa shape index (κ3) is 5.14. The third-order valence-electron chi connectivity index (χ3n) is 4.00. The monoisotopic (exact) mass is 377 g/mol. The molecule has 2 aromatic heterocycles. The fourth-order valence-electron chi connectivity index (χ4n) is 2.52. The summed E-state index contributed by atoms with van der Waals surface area (Å²) in [4.78, 5) is 4.46. The Morgan fingerprint density at radius 2 is 2.14 bits per heavy atom. The van der Waals surface area contributed by atoms with Crippen molar-refractivity contribution >= 4 is 11.5 Å². The van der Waals surface area contributed by atoms with E-state index in [-0.39, 0.29) is 5.84 Å². The molecule has 1 aromatic carbocycles. The van der Waals surface area contributed by atoms with Crippen molar-refractivity contribution in [2.75, 3.05) is 13.7 Å². The van der Waals surface area contributed by atoms with Crippen molar-refractivity contribution < 1.29 is 9.15 Å². The summed E-state index contributed by atoms with van der Waals surface area (Å²) >= 11 is 0. The van der Waals surface area contributed by atoms with Gasteiger partial charge in [0.15, 0.2) is 11.6 Å². The molecule has 28 heavy (non-hydrogen) atoms. The number of allylic oxidation sites excluding steroid dienone is 2. The van der Waals surface area contributed by atoms with E-state index in [1.807, 2.05) is 36.5 Å². The highest BCUT2D eigenvalue weighted by molar-refractivity contribution is 5.95. The summed E-state index contributed by atoms with van der Waals surface area (Å²) in [6.07, 6.45) is 7.66. The van der Waals surface area contributed by atoms with E-state index in [1.165, 1.54) is 5.56 Å². The molecule has 2 heterocycles. The van der Waals surface area contributed by atoms with Crippen molar-refractivity contribution in [3.8, 4) is 5.75 Å². The number of ether oxygens (including phenoxy) is 1. The molecule has 0 aliphatic rings. The van der Waals surface area contributed by atoms with Crippen LogP contribution in [0.2, 0.25) is 0 Å². The summed E-state index contributed by atoms with van der Waals surface area (Å²) in [6.45, 7) is 4.70. The lowest BCUT2D eigenvalue weighted by atomic mass is 10.1. The van der Waals surface area contributed by atoms with Gasteiger partial charge < -0.3 is 20.2 Å². The van der Waals surface area contributed by atoms with Crippen LogP contribution in [0, 0.1) is 0 Å². The van der Waals surface area contributed by atoms with Crippen molar-refractivity contribution in [2.45, 2.75) is 6.42 Å². The molecule has 7 nitrogen and oxygen atoms in total. The lowest BCUT2D eigenvalue weighted by molar-refractivity contribution is 0.414. The molecule has 3 rings (SSSR count). The molecular weight excluding hydrogens is 354 g/mol. The fourth-order valence-corrected chi connectivity index (χ4v) is 2.52. The minimum absolute atomic E-state index is 0.279. The molecule has 3 aromatic rings. The second kappa shape index (κ2) is 9.27. The third-order valence-corrected chi connectivity index (χ3v) is 4.00. The van der Waals surface area contributed by atoms with Gasteiger partial charge in [0.25, 0.3) is 0 Å². The van der Waals surface area contributed by atoms with Gasteiger partial charge in [-0.3, -0.25) is 0 Å². The zero-order chi connectivity index (χ0) is 19.8. The van der Waals surface area contributed by atoms with Crippen molar-refractivity contribution in [2.24, 2.45) is 10.7 Å². The molecule has 0 bridgehead atoms. The summed E-state index contributed by atoms with van der Waals surface area (Å²) in [5.74, 6) is 2.19. The van der Waals surface area contributed by atoms with Crippen LogP contribution in [0.3, 0.4) is 0 Å². The molecule has 0 saturated carbocycles. The Balaban J connectivity index is 1.71. The first-order chi connectivity index (χ1) is 13.7. The van der Waals surface area contributed by atoms with Gasteiger partial charge in [-0.05, 0) is 42.3 Å². The van der Waals surface area contributed by atoms with Gasteiger partial charge in [0.2, 0.25) is 0 Å². The van der Waals surface area contributed by atoms with Crippen LogP contribution in [-0.2, 0) is 6.42 Å². The molecule has 0 fully saturated rings. The molecule has 144 valence electrons. The average Bonchev–Trinajstić information content (AvgIpc) is 3.42. The van der Waals surface area contributed by atoms with Crippen LogP contribution < -0.4 is 15.8 Å². The van der Waals surface area contributed by atoms with Crippen LogP contribution in [0.25, 0.3) is 5.70 Å². The number of methoxy groups -OCH3 is 1. The van der Waals surface area contributed by atoms with Crippen molar-refractivity contribution in [3.63, 3.8) is 0 Å². The average molecular weight is 377 g/mol. The summed E-state index contributed by atoms with van der Waals surface area (Å²) in [7, 11) is 1.65. The van der Waals surface area contributed by atoms with Crippen molar-refractivity contribution in [1.29, 1.82) is 0 Å². The summed E-state index contributed by atoms with van der Waals surface area (Å²) in [5.41, 5.74) is 7.90. The minimum Gasteiger partial charge on any atom is -0.497 e. The second-order valence-electron chi connectivity index (χ2n) is 5.97. The van der Waals surface area contributed by atoms with Crippen LogP contribution in [0.1, 0.15) is 11.3 Å². The maximum Gasteiger partial charge on any atom is 0.168 e. The maximum absolute atomic E-state index is 6.06. The van der Waals surface area contributed by atoms with E-state index in [1.54, 1.807) is 42.5 Å². The van der Waals surface area contributed by atoms with Crippen LogP contribution in [0.4, 0.5) is 0 Å². The molecule has 0 saturated heterocycles. The van der Waals surface area contributed by atoms with E-state index in [9.17, 15) is 0 Å². The number of rotatable bonds is 9. The lowest BCUT2D eigenvalue weighted by Gasteiger charge is -2.10. The second-order valence-corrected chi connectivity index (χ2v) is 5.97. The largest absolute Gasteiger partial charge is 0.497 e. The SMILES string of the molecule is C=C(/C=C(\N=C(N)c1ccco1)NCCc1ccc(OC)cc1)n1cccn1. The Bertz CT molecular complexity index is 939. The lowest BCUT2D eigenvalue weighted by Crippen LogP contribution is -2.20. The van der Waals surface area contributed by atoms with Crippen LogP contribution in [0.15, 0.2) is 89.0 Å². The number of benzene rings is 1. The Hall–Kier alpha value is -3.74. The van der Waals surface area contributed by atoms with Gasteiger partial charge in [-0.2, -0.15) is 5.10 Å². The summed E-state index contributed by atoms with van der Waals surface area (Å²) < 4.78 is 12.1. The molecule has 0 radical (unpaired) electrons. The Labute approximate surface area is 163 Å². The quantitative estimate of drug-likeness (QED) is 0.340.